The number of carboxylic acids is 1. The number of carbonyl (C=O) groups excluding carboxylic acids is 2. The molecule has 0 aromatic rings. The summed E-state index contributed by atoms with van der Waals surface area (Å²) in [5, 5.41) is 137. The largest absolute Gasteiger partial charge is 0.477 e. The molecule has 3 saturated heterocycles. The highest BCUT2D eigenvalue weighted by atomic mass is 16.8. The summed E-state index contributed by atoms with van der Waals surface area (Å²) in [6.07, 6.45) is 29.5. The van der Waals surface area contributed by atoms with Gasteiger partial charge in [-0.2, -0.15) is 0 Å². The Morgan fingerprint density at radius 2 is 0.870 bits per heavy atom. The highest BCUT2D eigenvalue weighted by molar-refractivity contribution is 5.77. The van der Waals surface area contributed by atoms with Crippen molar-refractivity contribution in [3.05, 3.63) is 0 Å². The second kappa shape index (κ2) is 57.0. The summed E-state index contributed by atoms with van der Waals surface area (Å²) < 4.78 is 35.0. The molecule has 23 nitrogen and oxygen atoms in total. The van der Waals surface area contributed by atoms with Crippen molar-refractivity contribution in [2.24, 2.45) is 0 Å². The summed E-state index contributed by atoms with van der Waals surface area (Å²) >= 11 is 0. The molecule has 3 heterocycles. The van der Waals surface area contributed by atoms with Gasteiger partial charge in [-0.05, 0) is 12.8 Å². The third-order valence-corrected chi connectivity index (χ3v) is 20.8. The number of hydrogen-bond donors (Lipinski definition) is 14. The van der Waals surface area contributed by atoms with Gasteiger partial charge in [0.1, 0.15) is 67.1 Å². The van der Waals surface area contributed by atoms with Crippen molar-refractivity contribution in [1.29, 1.82) is 0 Å². The maximum absolute atomic E-state index is 13.6. The molecular formula is C77H146N2O21. The van der Waals surface area contributed by atoms with Gasteiger partial charge >= 0.3 is 5.97 Å². The molecule has 23 heteroatoms. The first-order chi connectivity index (χ1) is 48.4. The lowest BCUT2D eigenvalue weighted by molar-refractivity contribution is -0.386. The van der Waals surface area contributed by atoms with Crippen LogP contribution in [0.4, 0.5) is 0 Å². The normalized spacial score (nSPS) is 26.9. The number of hydrogen-bond acceptors (Lipinski definition) is 20. The van der Waals surface area contributed by atoms with Crippen LogP contribution >= 0.6 is 0 Å². The number of ether oxygens (including phenoxy) is 6. The maximum Gasteiger partial charge on any atom is 0.364 e. The number of carboxylic acid groups (broad SMARTS) is 1. The van der Waals surface area contributed by atoms with Crippen LogP contribution in [0.2, 0.25) is 0 Å². The molecule has 0 aromatic heterocycles. The molecule has 18 unspecified atom stereocenters. The van der Waals surface area contributed by atoms with Crippen LogP contribution in [0.3, 0.4) is 0 Å². The first kappa shape index (κ1) is 91.9. The van der Waals surface area contributed by atoms with Crippen molar-refractivity contribution in [2.45, 2.75) is 445 Å². The maximum atomic E-state index is 13.6. The molecule has 2 amide bonds. The number of rotatable bonds is 64. The second-order valence-corrected chi connectivity index (χ2v) is 29.6. The Morgan fingerprint density at radius 3 is 1.25 bits per heavy atom. The van der Waals surface area contributed by atoms with E-state index >= 15 is 0 Å². The number of aliphatic carboxylic acids is 1. The molecule has 100 heavy (non-hydrogen) atoms. The van der Waals surface area contributed by atoms with Gasteiger partial charge in [0.15, 0.2) is 12.6 Å². The van der Waals surface area contributed by atoms with E-state index in [1.807, 2.05) is 0 Å². The van der Waals surface area contributed by atoms with Crippen LogP contribution in [0, 0.1) is 0 Å². The number of carbonyl (C=O) groups is 3. The molecule has 0 aromatic carbocycles. The summed E-state index contributed by atoms with van der Waals surface area (Å²) in [4.78, 5) is 38.7. The van der Waals surface area contributed by atoms with E-state index in [-0.39, 0.29) is 18.9 Å². The van der Waals surface area contributed by atoms with E-state index in [4.69, 9.17) is 28.4 Å². The van der Waals surface area contributed by atoms with Crippen molar-refractivity contribution in [1.82, 2.24) is 10.6 Å². The average molecular weight is 1440 g/mol. The van der Waals surface area contributed by atoms with E-state index in [0.717, 1.165) is 51.9 Å². The van der Waals surface area contributed by atoms with E-state index in [1.54, 1.807) is 0 Å². The van der Waals surface area contributed by atoms with Crippen LogP contribution in [0.15, 0.2) is 0 Å². The standard InChI is InChI=1S/C77H146N2O21/c1-4-6-8-10-12-14-16-18-20-22-24-26-28-29-31-33-35-37-39-41-43-45-47-49-51-64(87)79-58(59(84)50-48-46-44-42-40-38-36-34-32-30-27-25-23-21-19-17-15-13-11-9-7-5-2)56-95-74-69(91)68(90)71(63(55-82)97-74)98-75-70(92)73(67(89)62(54-81)96-75)100-77(76(93)94)52-60(85)65(78-57(3)83)72(99-77)66(88)61(86)53-80/h58-63,65-75,80-82,84-86,88-92H,4-56H2,1-3H3,(H,78,83)(H,79,87)(H,93,94). The van der Waals surface area contributed by atoms with Crippen molar-refractivity contribution in [3.63, 3.8) is 0 Å². The summed E-state index contributed by atoms with van der Waals surface area (Å²) in [6.45, 7) is 2.27. The van der Waals surface area contributed by atoms with Crippen LogP contribution in [-0.2, 0) is 42.8 Å². The minimum absolute atomic E-state index is 0.230. The number of unbranched alkanes of at least 4 members (excludes halogenated alkanes) is 44. The molecule has 0 radical (unpaired) electrons. The molecule has 590 valence electrons. The lowest BCUT2D eigenvalue weighted by Gasteiger charge is -2.50. The van der Waals surface area contributed by atoms with Crippen molar-refractivity contribution < 1.29 is 104 Å². The highest BCUT2D eigenvalue weighted by Crippen LogP contribution is 2.39. The fraction of sp³-hybridized carbons (Fsp3) is 0.961. The second-order valence-electron chi connectivity index (χ2n) is 29.6. The number of aliphatic hydroxyl groups is 11. The predicted octanol–water partition coefficient (Wildman–Crippen LogP) is 10.4. The van der Waals surface area contributed by atoms with Crippen molar-refractivity contribution in [3.8, 4) is 0 Å². The average Bonchev–Trinajstić information content (AvgIpc) is 0.764. The number of amides is 2. The first-order valence-corrected chi connectivity index (χ1v) is 40.4. The number of nitrogens with one attached hydrogen (secondary N) is 2. The SMILES string of the molecule is CCCCCCCCCCCCCCCCCCCCCCCCCCC(=O)NC(COC1OC(CO)C(OC2OC(CO)C(O)C(OC3(C(=O)O)CC(O)C(NC(C)=O)C(C(O)C(O)CO)O3)C2O)C(O)C1O)C(O)CCCCCCCCCCCCCCCCCCCCCCCC. The van der Waals surface area contributed by atoms with Crippen molar-refractivity contribution >= 4 is 17.8 Å². The molecule has 0 bridgehead atoms. The van der Waals surface area contributed by atoms with Crippen LogP contribution in [0.25, 0.3) is 0 Å². The van der Waals surface area contributed by atoms with Gasteiger partial charge < -0.3 is 100 Å². The molecular weight excluding hydrogens is 1290 g/mol. The zero-order valence-electron chi connectivity index (χ0n) is 62.3. The van der Waals surface area contributed by atoms with Gasteiger partial charge in [0.25, 0.3) is 5.79 Å². The molecule has 3 fully saturated rings. The van der Waals surface area contributed by atoms with Crippen LogP contribution in [-0.4, -0.2) is 215 Å². The Bertz CT molecular complexity index is 2000. The van der Waals surface area contributed by atoms with Crippen molar-refractivity contribution in [2.75, 3.05) is 26.4 Å². The van der Waals surface area contributed by atoms with Crippen LogP contribution in [0.1, 0.15) is 335 Å². The van der Waals surface area contributed by atoms with E-state index in [2.05, 4.69) is 24.5 Å². The van der Waals surface area contributed by atoms with E-state index in [9.17, 15) is 75.7 Å². The predicted molar refractivity (Wildman–Crippen MR) is 385 cm³/mol. The molecule has 0 saturated carbocycles. The number of aliphatic hydroxyl groups excluding tert-OH is 11. The molecule has 3 aliphatic heterocycles. The molecule has 14 N–H and O–H groups in total. The smallest absolute Gasteiger partial charge is 0.364 e. The van der Waals surface area contributed by atoms with Gasteiger partial charge in [-0.15, -0.1) is 0 Å². The fourth-order valence-corrected chi connectivity index (χ4v) is 14.4. The quantitative estimate of drug-likeness (QED) is 0.0252. The molecule has 3 rings (SSSR count). The zero-order chi connectivity index (χ0) is 73.2. The fourth-order valence-electron chi connectivity index (χ4n) is 14.4. The van der Waals surface area contributed by atoms with Gasteiger partial charge in [-0.1, -0.05) is 303 Å². The van der Waals surface area contributed by atoms with E-state index in [0.29, 0.717) is 19.3 Å². The third-order valence-electron chi connectivity index (χ3n) is 20.8. The Labute approximate surface area is 601 Å². The Kier molecular flexibility index (Phi) is 52.4. The van der Waals surface area contributed by atoms with Crippen LogP contribution < -0.4 is 10.6 Å². The summed E-state index contributed by atoms with van der Waals surface area (Å²) in [5.41, 5.74) is 0. The highest BCUT2D eigenvalue weighted by Gasteiger charge is 2.60. The molecule has 0 aliphatic carbocycles. The lowest BCUT2D eigenvalue weighted by Crippen LogP contribution is -2.70. The summed E-state index contributed by atoms with van der Waals surface area (Å²) in [5.74, 6) is -6.09. The van der Waals surface area contributed by atoms with Gasteiger partial charge in [0.05, 0.1) is 50.7 Å². The van der Waals surface area contributed by atoms with E-state index < -0.39 is 148 Å². The minimum atomic E-state index is -3.08. The van der Waals surface area contributed by atoms with E-state index in [1.165, 1.54) is 238 Å². The topological polar surface area (TPSA) is 373 Å². The van der Waals surface area contributed by atoms with Crippen LogP contribution in [0.5, 0.6) is 0 Å². The summed E-state index contributed by atoms with van der Waals surface area (Å²) in [6, 6.07) is -2.53. The van der Waals surface area contributed by atoms with Gasteiger partial charge in [0, 0.05) is 19.8 Å². The minimum Gasteiger partial charge on any atom is -0.477 e. The monoisotopic (exact) mass is 1440 g/mol. The Hall–Kier alpha value is -2.27. The Morgan fingerprint density at radius 1 is 0.480 bits per heavy atom. The van der Waals surface area contributed by atoms with Gasteiger partial charge in [-0.3, -0.25) is 9.59 Å². The van der Waals surface area contributed by atoms with Gasteiger partial charge in [-0.25, -0.2) is 4.79 Å². The Balaban J connectivity index is 1.52. The lowest BCUT2D eigenvalue weighted by atomic mass is 9.88. The molecule has 0 spiro atoms. The molecule has 18 atom stereocenters. The zero-order valence-corrected chi connectivity index (χ0v) is 62.3. The van der Waals surface area contributed by atoms with Gasteiger partial charge in [0.2, 0.25) is 11.8 Å². The summed E-state index contributed by atoms with van der Waals surface area (Å²) in [7, 11) is 0. The third kappa shape index (κ3) is 37.3. The molecule has 3 aliphatic rings. The first-order valence-electron chi connectivity index (χ1n) is 40.4.